The molecular formula is C17H22N2O7. The summed E-state index contributed by atoms with van der Waals surface area (Å²) in [5, 5.41) is 5.00. The van der Waals surface area contributed by atoms with Gasteiger partial charge in [-0.25, -0.2) is 4.79 Å². The Morgan fingerprint density at radius 2 is 1.88 bits per heavy atom. The molecule has 0 radical (unpaired) electrons. The van der Waals surface area contributed by atoms with Crippen LogP contribution >= 0.6 is 0 Å². The molecule has 1 heterocycles. The number of nitrogens with one attached hydrogen (secondary N) is 2. The predicted octanol–water partition coefficient (Wildman–Crippen LogP) is 0.264. The highest BCUT2D eigenvalue weighted by atomic mass is 16.6. The van der Waals surface area contributed by atoms with Gasteiger partial charge in [0.15, 0.2) is 18.1 Å². The van der Waals surface area contributed by atoms with Gasteiger partial charge in [-0.3, -0.25) is 9.59 Å². The van der Waals surface area contributed by atoms with Gasteiger partial charge in [0.25, 0.3) is 5.91 Å². The van der Waals surface area contributed by atoms with E-state index >= 15 is 0 Å². The third-order valence-electron chi connectivity index (χ3n) is 3.29. The first-order chi connectivity index (χ1) is 12.4. The molecule has 9 nitrogen and oxygen atoms in total. The van der Waals surface area contributed by atoms with Crippen molar-refractivity contribution in [2.75, 3.05) is 33.5 Å². The number of ether oxygens (including phenoxy) is 4. The van der Waals surface area contributed by atoms with E-state index in [9.17, 15) is 14.4 Å². The van der Waals surface area contributed by atoms with Crippen molar-refractivity contribution in [3.05, 3.63) is 17.7 Å². The molecule has 0 saturated heterocycles. The summed E-state index contributed by atoms with van der Waals surface area (Å²) in [4.78, 5) is 35.3. The first-order valence-electron chi connectivity index (χ1n) is 8.11. The minimum absolute atomic E-state index is 0.0255. The van der Waals surface area contributed by atoms with Gasteiger partial charge >= 0.3 is 5.97 Å². The predicted molar refractivity (Wildman–Crippen MR) is 90.6 cm³/mol. The van der Waals surface area contributed by atoms with Crippen LogP contribution in [0.5, 0.6) is 17.2 Å². The largest absolute Gasteiger partial charge is 0.493 e. The first-order valence-corrected chi connectivity index (χ1v) is 8.11. The summed E-state index contributed by atoms with van der Waals surface area (Å²) < 4.78 is 21.0. The van der Waals surface area contributed by atoms with Crippen LogP contribution in [0.4, 0.5) is 0 Å². The van der Waals surface area contributed by atoms with E-state index in [2.05, 4.69) is 10.6 Å². The van der Waals surface area contributed by atoms with Gasteiger partial charge in [-0.05, 0) is 26.0 Å². The molecule has 1 aromatic carbocycles. The molecule has 0 atom stereocenters. The minimum atomic E-state index is -0.720. The summed E-state index contributed by atoms with van der Waals surface area (Å²) >= 11 is 0. The van der Waals surface area contributed by atoms with Gasteiger partial charge < -0.3 is 29.6 Å². The number of carbonyl (C=O) groups excluding carboxylic acids is 3. The summed E-state index contributed by atoms with van der Waals surface area (Å²) in [6.07, 6.45) is 0. The lowest BCUT2D eigenvalue weighted by atomic mass is 10.1. The summed E-state index contributed by atoms with van der Waals surface area (Å²) in [6, 6.07) is 2.89. The maximum Gasteiger partial charge on any atom is 0.338 e. The molecule has 2 rings (SSSR count). The van der Waals surface area contributed by atoms with Gasteiger partial charge in [-0.2, -0.15) is 0 Å². The maximum absolute atomic E-state index is 12.2. The molecule has 0 aromatic heterocycles. The Kier molecular flexibility index (Phi) is 6.65. The maximum atomic E-state index is 12.2. The number of fused-ring (bicyclic) bond motifs is 1. The Bertz CT molecular complexity index is 671. The molecule has 2 amide bonds. The second kappa shape index (κ2) is 8.93. The molecule has 0 bridgehead atoms. The highest BCUT2D eigenvalue weighted by Crippen LogP contribution is 2.40. The van der Waals surface area contributed by atoms with Gasteiger partial charge in [0.1, 0.15) is 13.2 Å². The molecule has 0 fully saturated rings. The van der Waals surface area contributed by atoms with Crippen molar-refractivity contribution in [2.45, 2.75) is 19.9 Å². The number of benzene rings is 1. The second-order valence-corrected chi connectivity index (χ2v) is 5.78. The number of hydrogen-bond donors (Lipinski definition) is 2. The van der Waals surface area contributed by atoms with Crippen molar-refractivity contribution in [1.29, 1.82) is 0 Å². The average molecular weight is 366 g/mol. The quantitative estimate of drug-likeness (QED) is 0.666. The van der Waals surface area contributed by atoms with E-state index in [1.54, 1.807) is 0 Å². The van der Waals surface area contributed by atoms with E-state index < -0.39 is 18.5 Å². The molecular weight excluding hydrogens is 344 g/mol. The normalized spacial score (nSPS) is 12.3. The van der Waals surface area contributed by atoms with E-state index in [1.807, 2.05) is 13.8 Å². The molecule has 142 valence electrons. The van der Waals surface area contributed by atoms with E-state index in [4.69, 9.17) is 18.9 Å². The van der Waals surface area contributed by atoms with Crippen molar-refractivity contribution in [1.82, 2.24) is 10.6 Å². The monoisotopic (exact) mass is 366 g/mol. The Hall–Kier alpha value is -2.97. The van der Waals surface area contributed by atoms with E-state index in [-0.39, 0.29) is 24.1 Å². The summed E-state index contributed by atoms with van der Waals surface area (Å²) in [5.74, 6) is -0.495. The van der Waals surface area contributed by atoms with Gasteiger partial charge in [0.2, 0.25) is 11.7 Å². The Morgan fingerprint density at radius 1 is 1.15 bits per heavy atom. The van der Waals surface area contributed by atoms with Crippen LogP contribution in [0.1, 0.15) is 24.2 Å². The highest BCUT2D eigenvalue weighted by molar-refractivity contribution is 5.93. The number of amides is 2. The number of carbonyl (C=O) groups is 3. The average Bonchev–Trinajstić information content (AvgIpc) is 2.62. The van der Waals surface area contributed by atoms with E-state index in [0.29, 0.717) is 30.5 Å². The smallest absolute Gasteiger partial charge is 0.338 e. The van der Waals surface area contributed by atoms with Crippen LogP contribution < -0.4 is 24.8 Å². The van der Waals surface area contributed by atoms with Crippen LogP contribution in [0.15, 0.2) is 12.1 Å². The molecule has 2 N–H and O–H groups in total. The lowest BCUT2D eigenvalue weighted by Crippen LogP contribution is -2.41. The molecule has 26 heavy (non-hydrogen) atoms. The summed E-state index contributed by atoms with van der Waals surface area (Å²) in [7, 11) is 1.44. The zero-order chi connectivity index (χ0) is 19.1. The minimum Gasteiger partial charge on any atom is -0.493 e. The number of hydrogen-bond acceptors (Lipinski definition) is 7. The lowest BCUT2D eigenvalue weighted by molar-refractivity contribution is -0.128. The van der Waals surface area contributed by atoms with E-state index in [1.165, 1.54) is 19.2 Å². The Morgan fingerprint density at radius 3 is 2.58 bits per heavy atom. The van der Waals surface area contributed by atoms with Gasteiger partial charge in [-0.15, -0.1) is 0 Å². The van der Waals surface area contributed by atoms with Crippen molar-refractivity contribution in [3.8, 4) is 17.2 Å². The van der Waals surface area contributed by atoms with Gasteiger partial charge in [0.05, 0.1) is 19.2 Å². The van der Waals surface area contributed by atoms with Gasteiger partial charge in [-0.1, -0.05) is 0 Å². The molecule has 0 spiro atoms. The topological polar surface area (TPSA) is 112 Å². The van der Waals surface area contributed by atoms with Crippen molar-refractivity contribution in [3.63, 3.8) is 0 Å². The number of esters is 1. The van der Waals surface area contributed by atoms with Crippen molar-refractivity contribution in [2.24, 2.45) is 0 Å². The number of rotatable bonds is 7. The summed E-state index contributed by atoms with van der Waals surface area (Å²) in [5.41, 5.74) is 0.163. The second-order valence-electron chi connectivity index (χ2n) is 5.78. The molecule has 1 aliphatic heterocycles. The Balaban J connectivity index is 1.89. The standard InChI is InChI=1S/C17H22N2O7/c1-10(2)19-14(20)8-18-15(21)9-26-17(22)11-6-12(23-3)16-13(7-11)24-4-5-25-16/h6-7,10H,4-5,8-9H2,1-3H3,(H,18,21)(H,19,20). The molecule has 1 aliphatic rings. The third-order valence-corrected chi connectivity index (χ3v) is 3.29. The molecule has 0 unspecified atom stereocenters. The fourth-order valence-electron chi connectivity index (χ4n) is 2.21. The van der Waals surface area contributed by atoms with Crippen LogP contribution in [0.3, 0.4) is 0 Å². The fraction of sp³-hybridized carbons (Fsp3) is 0.471. The van der Waals surface area contributed by atoms with Crippen LogP contribution in [0.25, 0.3) is 0 Å². The fourth-order valence-corrected chi connectivity index (χ4v) is 2.21. The zero-order valence-corrected chi connectivity index (χ0v) is 14.9. The van der Waals surface area contributed by atoms with Gasteiger partial charge in [0, 0.05) is 6.04 Å². The van der Waals surface area contributed by atoms with Crippen LogP contribution in [0, 0.1) is 0 Å². The van der Waals surface area contributed by atoms with Crippen LogP contribution in [0.2, 0.25) is 0 Å². The lowest BCUT2D eigenvalue weighted by Gasteiger charge is -2.21. The molecule has 0 aliphatic carbocycles. The molecule has 1 aromatic rings. The third kappa shape index (κ3) is 5.27. The van der Waals surface area contributed by atoms with E-state index in [0.717, 1.165) is 0 Å². The summed E-state index contributed by atoms with van der Waals surface area (Å²) in [6.45, 7) is 3.66. The SMILES string of the molecule is COc1cc(C(=O)OCC(=O)NCC(=O)NC(C)C)cc2c1OCCO2. The zero-order valence-electron chi connectivity index (χ0n) is 14.9. The van der Waals surface area contributed by atoms with Crippen molar-refractivity contribution >= 4 is 17.8 Å². The highest BCUT2D eigenvalue weighted by Gasteiger charge is 2.22. The van der Waals surface area contributed by atoms with Crippen LogP contribution in [-0.2, 0) is 14.3 Å². The van der Waals surface area contributed by atoms with Crippen molar-refractivity contribution < 1.29 is 33.3 Å². The first kappa shape index (κ1) is 19.4. The Labute approximate surface area is 150 Å². The number of methoxy groups -OCH3 is 1. The van der Waals surface area contributed by atoms with Crippen LogP contribution in [-0.4, -0.2) is 57.3 Å². The molecule has 0 saturated carbocycles. The molecule has 9 heteroatoms.